The van der Waals surface area contributed by atoms with Crippen molar-refractivity contribution in [1.82, 2.24) is 0 Å². The Hall–Kier alpha value is -1.19. The molecule has 0 saturated heterocycles. The van der Waals surface area contributed by atoms with Gasteiger partial charge in [-0.1, -0.05) is 55.8 Å². The quantitative estimate of drug-likeness (QED) is 0.263. The lowest BCUT2D eigenvalue weighted by molar-refractivity contribution is -0.137. The molecule has 3 nitrogen and oxygen atoms in total. The molecule has 0 spiro atoms. The van der Waals surface area contributed by atoms with Gasteiger partial charge in [-0.05, 0) is 24.6 Å². The van der Waals surface area contributed by atoms with Crippen molar-refractivity contribution < 1.29 is 14.3 Å². The molecule has 1 aromatic rings. The number of hydrogen-bond donors (Lipinski definition) is 0. The molecule has 0 amide bonds. The molecule has 0 radical (unpaired) electrons. The summed E-state index contributed by atoms with van der Waals surface area (Å²) in [6.45, 7) is 2.60. The Labute approximate surface area is 135 Å². The highest BCUT2D eigenvalue weighted by Gasteiger charge is 2.01. The summed E-state index contributed by atoms with van der Waals surface area (Å²) in [5, 5.41) is 0.912. The molecule has 21 heavy (non-hydrogen) atoms. The first kappa shape index (κ1) is 17.9. The molecule has 0 atom stereocenters. The number of carbonyl (C=O) groups excluding carboxylic acids is 1. The van der Waals surface area contributed by atoms with Gasteiger partial charge in [0.2, 0.25) is 0 Å². The SMILES string of the molecule is CCCCCCCOC(=O)C=COc1ccc(Cl)cc1Cl. The zero-order chi connectivity index (χ0) is 15.5. The summed E-state index contributed by atoms with van der Waals surface area (Å²) >= 11 is 11.7. The Bertz CT molecular complexity index is 473. The van der Waals surface area contributed by atoms with Gasteiger partial charge in [0.1, 0.15) is 5.75 Å². The van der Waals surface area contributed by atoms with Crippen LogP contribution in [0, 0.1) is 0 Å². The number of rotatable bonds is 9. The van der Waals surface area contributed by atoms with E-state index in [4.69, 9.17) is 32.7 Å². The topological polar surface area (TPSA) is 35.5 Å². The Morgan fingerprint density at radius 2 is 1.95 bits per heavy atom. The summed E-state index contributed by atoms with van der Waals surface area (Å²) in [5.74, 6) is 0.0141. The van der Waals surface area contributed by atoms with Gasteiger partial charge in [0.15, 0.2) is 0 Å². The van der Waals surface area contributed by atoms with Crippen LogP contribution >= 0.6 is 23.2 Å². The summed E-state index contributed by atoms with van der Waals surface area (Å²) in [6.07, 6.45) is 8.08. The first-order valence-corrected chi connectivity index (χ1v) is 7.84. The maximum atomic E-state index is 11.4. The number of hydrogen-bond acceptors (Lipinski definition) is 3. The minimum absolute atomic E-state index is 0.386. The van der Waals surface area contributed by atoms with Crippen LogP contribution in [-0.2, 0) is 9.53 Å². The van der Waals surface area contributed by atoms with Crippen molar-refractivity contribution in [2.45, 2.75) is 39.0 Å². The highest BCUT2D eigenvalue weighted by Crippen LogP contribution is 2.27. The molecule has 116 valence electrons. The third-order valence-electron chi connectivity index (χ3n) is 2.79. The van der Waals surface area contributed by atoms with Gasteiger partial charge in [0, 0.05) is 5.02 Å². The molecular formula is C16H20Cl2O3. The summed E-state index contributed by atoms with van der Waals surface area (Å²) in [4.78, 5) is 11.4. The van der Waals surface area contributed by atoms with E-state index in [1.807, 2.05) is 0 Å². The van der Waals surface area contributed by atoms with Crippen molar-refractivity contribution >= 4 is 29.2 Å². The molecule has 0 aromatic heterocycles. The molecule has 0 unspecified atom stereocenters. The second-order valence-electron chi connectivity index (χ2n) is 4.58. The lowest BCUT2D eigenvalue weighted by Gasteiger charge is -2.03. The van der Waals surface area contributed by atoms with E-state index in [0.717, 1.165) is 12.8 Å². The van der Waals surface area contributed by atoms with E-state index >= 15 is 0 Å². The van der Waals surface area contributed by atoms with E-state index in [1.54, 1.807) is 18.2 Å². The lowest BCUT2D eigenvalue weighted by atomic mass is 10.2. The summed E-state index contributed by atoms with van der Waals surface area (Å²) in [6, 6.07) is 4.86. The van der Waals surface area contributed by atoms with E-state index < -0.39 is 5.97 Å². The third-order valence-corrected chi connectivity index (χ3v) is 3.32. The second kappa shape index (κ2) is 10.5. The first-order valence-electron chi connectivity index (χ1n) is 7.08. The van der Waals surface area contributed by atoms with Crippen LogP contribution in [0.1, 0.15) is 39.0 Å². The Balaban J connectivity index is 2.22. The molecule has 1 rings (SSSR count). The van der Waals surface area contributed by atoms with E-state index in [2.05, 4.69) is 6.92 Å². The Morgan fingerprint density at radius 3 is 2.67 bits per heavy atom. The number of carbonyl (C=O) groups is 1. The van der Waals surface area contributed by atoms with E-state index in [-0.39, 0.29) is 0 Å². The van der Waals surface area contributed by atoms with Crippen LogP contribution in [0.5, 0.6) is 5.75 Å². The van der Waals surface area contributed by atoms with Crippen molar-refractivity contribution in [2.75, 3.05) is 6.61 Å². The molecule has 0 aliphatic heterocycles. The molecule has 0 saturated carbocycles. The molecule has 0 N–H and O–H groups in total. The third kappa shape index (κ3) is 7.98. The standard InChI is InChI=1S/C16H20Cl2O3/c1-2-3-4-5-6-10-21-16(19)9-11-20-15-8-7-13(17)12-14(15)18/h7-9,11-12H,2-6,10H2,1H3. The van der Waals surface area contributed by atoms with Gasteiger partial charge in [-0.3, -0.25) is 0 Å². The van der Waals surface area contributed by atoms with Crippen molar-refractivity contribution in [3.63, 3.8) is 0 Å². The van der Waals surface area contributed by atoms with Gasteiger partial charge < -0.3 is 9.47 Å². The van der Waals surface area contributed by atoms with Crippen LogP contribution in [0.25, 0.3) is 0 Å². The number of halogens is 2. The first-order chi connectivity index (χ1) is 10.1. The van der Waals surface area contributed by atoms with Crippen LogP contribution < -0.4 is 4.74 Å². The number of ether oxygens (including phenoxy) is 2. The molecule has 1 aromatic carbocycles. The van der Waals surface area contributed by atoms with Crippen LogP contribution in [0.3, 0.4) is 0 Å². The normalized spacial score (nSPS) is 10.8. The highest BCUT2D eigenvalue weighted by atomic mass is 35.5. The minimum atomic E-state index is -0.421. The summed E-state index contributed by atoms with van der Waals surface area (Å²) in [7, 11) is 0. The van der Waals surface area contributed by atoms with E-state index in [9.17, 15) is 4.79 Å². The Morgan fingerprint density at radius 1 is 1.19 bits per heavy atom. The summed E-state index contributed by atoms with van der Waals surface area (Å²) in [5.41, 5.74) is 0. The Kier molecular flexibility index (Phi) is 8.95. The van der Waals surface area contributed by atoms with Crippen molar-refractivity contribution in [3.8, 4) is 5.75 Å². The molecule has 0 aliphatic rings. The lowest BCUT2D eigenvalue weighted by Crippen LogP contribution is -2.02. The number of esters is 1. The monoisotopic (exact) mass is 330 g/mol. The maximum absolute atomic E-state index is 11.4. The summed E-state index contributed by atoms with van der Waals surface area (Å²) < 4.78 is 10.3. The predicted octanol–water partition coefficient (Wildman–Crippen LogP) is 5.40. The molecular weight excluding hydrogens is 311 g/mol. The van der Waals surface area contributed by atoms with Crippen molar-refractivity contribution in [2.24, 2.45) is 0 Å². The molecule has 5 heteroatoms. The molecule has 0 fully saturated rings. The van der Waals surface area contributed by atoms with Gasteiger partial charge >= 0.3 is 5.97 Å². The van der Waals surface area contributed by atoms with Crippen LogP contribution in [0.2, 0.25) is 10.0 Å². The zero-order valence-corrected chi connectivity index (χ0v) is 13.6. The van der Waals surface area contributed by atoms with Gasteiger partial charge in [-0.25, -0.2) is 4.79 Å². The average Bonchev–Trinajstić information content (AvgIpc) is 2.45. The molecule has 0 bridgehead atoms. The van der Waals surface area contributed by atoms with Gasteiger partial charge in [-0.2, -0.15) is 0 Å². The van der Waals surface area contributed by atoms with Crippen LogP contribution in [-0.4, -0.2) is 12.6 Å². The van der Waals surface area contributed by atoms with Crippen LogP contribution in [0.4, 0.5) is 0 Å². The van der Waals surface area contributed by atoms with Gasteiger partial charge in [-0.15, -0.1) is 0 Å². The fraction of sp³-hybridized carbons (Fsp3) is 0.438. The smallest absolute Gasteiger partial charge is 0.333 e. The van der Waals surface area contributed by atoms with Crippen molar-refractivity contribution in [3.05, 3.63) is 40.6 Å². The fourth-order valence-electron chi connectivity index (χ4n) is 1.66. The van der Waals surface area contributed by atoms with E-state index in [0.29, 0.717) is 22.4 Å². The van der Waals surface area contributed by atoms with Gasteiger partial charge in [0.25, 0.3) is 0 Å². The zero-order valence-electron chi connectivity index (χ0n) is 12.1. The average molecular weight is 331 g/mol. The van der Waals surface area contributed by atoms with Crippen LogP contribution in [0.15, 0.2) is 30.5 Å². The fourth-order valence-corrected chi connectivity index (χ4v) is 2.11. The van der Waals surface area contributed by atoms with E-state index in [1.165, 1.54) is 31.6 Å². The van der Waals surface area contributed by atoms with Gasteiger partial charge in [0.05, 0.1) is 24.0 Å². The molecule has 0 aliphatic carbocycles. The largest absolute Gasteiger partial charge is 0.463 e. The maximum Gasteiger partial charge on any atom is 0.333 e. The number of unbranched alkanes of at least 4 members (excludes halogenated alkanes) is 4. The highest BCUT2D eigenvalue weighted by molar-refractivity contribution is 6.35. The minimum Gasteiger partial charge on any atom is -0.463 e. The number of benzene rings is 1. The molecule has 0 heterocycles. The predicted molar refractivity (Wildman–Crippen MR) is 85.9 cm³/mol. The second-order valence-corrected chi connectivity index (χ2v) is 5.42. The van der Waals surface area contributed by atoms with Crippen molar-refractivity contribution in [1.29, 1.82) is 0 Å².